The Morgan fingerprint density at radius 2 is 1.45 bits per heavy atom. The van der Waals surface area contributed by atoms with Crippen LogP contribution in [0.5, 0.6) is 0 Å². The summed E-state index contributed by atoms with van der Waals surface area (Å²) < 4.78 is 0. The Bertz CT molecular complexity index is 1180. The summed E-state index contributed by atoms with van der Waals surface area (Å²) in [6.07, 6.45) is 0. The molecule has 0 aromatic heterocycles. The summed E-state index contributed by atoms with van der Waals surface area (Å²) in [7, 11) is 0. The van der Waals surface area contributed by atoms with Gasteiger partial charge in [-0.15, -0.1) is 0 Å². The van der Waals surface area contributed by atoms with E-state index in [0.29, 0.717) is 28.4 Å². The number of hydrogen-bond acceptors (Lipinski definition) is 3. The van der Waals surface area contributed by atoms with Crippen molar-refractivity contribution in [1.29, 1.82) is 0 Å². The third kappa shape index (κ3) is 3.89. The van der Waals surface area contributed by atoms with Crippen LogP contribution in [-0.2, 0) is 9.59 Å². The first kappa shape index (κ1) is 20.6. The van der Waals surface area contributed by atoms with E-state index >= 15 is 0 Å². The van der Waals surface area contributed by atoms with Crippen LogP contribution in [0.15, 0.2) is 78.5 Å². The Morgan fingerprint density at radius 3 is 2.06 bits per heavy atom. The zero-order valence-corrected chi connectivity index (χ0v) is 18.3. The lowest BCUT2D eigenvalue weighted by molar-refractivity contribution is -0.120. The molecular formula is C27H26N2O2. The van der Waals surface area contributed by atoms with E-state index in [9.17, 15) is 9.59 Å². The molecule has 0 saturated carbocycles. The molecular weight excluding hydrogens is 384 g/mol. The molecule has 1 heterocycles. The van der Waals surface area contributed by atoms with Crippen LogP contribution in [0.1, 0.15) is 42.0 Å². The second kappa shape index (κ2) is 8.23. The van der Waals surface area contributed by atoms with Crippen molar-refractivity contribution >= 4 is 28.8 Å². The van der Waals surface area contributed by atoms with Crippen molar-refractivity contribution in [1.82, 2.24) is 0 Å². The van der Waals surface area contributed by atoms with Crippen LogP contribution >= 0.6 is 0 Å². The average Bonchev–Trinajstić information content (AvgIpc) is 3.01. The highest BCUT2D eigenvalue weighted by atomic mass is 16.2. The Morgan fingerprint density at radius 1 is 0.774 bits per heavy atom. The van der Waals surface area contributed by atoms with Gasteiger partial charge in [0.15, 0.2) is 0 Å². The number of anilines is 2. The second-order valence-electron chi connectivity index (χ2n) is 8.23. The summed E-state index contributed by atoms with van der Waals surface area (Å²) in [5.41, 5.74) is 6.20. The van der Waals surface area contributed by atoms with E-state index in [4.69, 9.17) is 0 Å². The van der Waals surface area contributed by atoms with Crippen LogP contribution in [0, 0.1) is 13.8 Å². The molecule has 4 rings (SSSR count). The van der Waals surface area contributed by atoms with Crippen molar-refractivity contribution in [2.75, 3.05) is 10.2 Å². The fourth-order valence-electron chi connectivity index (χ4n) is 3.72. The number of imide groups is 1. The van der Waals surface area contributed by atoms with Crippen LogP contribution < -0.4 is 10.2 Å². The summed E-state index contributed by atoms with van der Waals surface area (Å²) in [4.78, 5) is 28.2. The third-order valence-electron chi connectivity index (χ3n) is 5.74. The quantitative estimate of drug-likeness (QED) is 0.539. The number of aryl methyl sites for hydroxylation is 2. The van der Waals surface area contributed by atoms with Crippen molar-refractivity contribution in [3.8, 4) is 0 Å². The molecule has 31 heavy (non-hydrogen) atoms. The molecule has 0 atom stereocenters. The highest BCUT2D eigenvalue weighted by Gasteiger charge is 2.40. The van der Waals surface area contributed by atoms with Crippen LogP contribution in [0.25, 0.3) is 5.57 Å². The van der Waals surface area contributed by atoms with Crippen molar-refractivity contribution < 1.29 is 9.59 Å². The molecule has 0 bridgehead atoms. The van der Waals surface area contributed by atoms with Crippen LogP contribution in [0.3, 0.4) is 0 Å². The summed E-state index contributed by atoms with van der Waals surface area (Å²) in [5.74, 6) is -0.293. The standard InChI is InChI=1S/C27H26N2O2/c1-17(2)20-11-14-23(15-12-20)29-26(30)24(21-8-6-5-7-9-21)25(27(29)31)28-22-13-10-18(3)19(4)16-22/h5-17,28H,1-4H3. The molecule has 3 aromatic carbocycles. The van der Waals surface area contributed by atoms with Crippen molar-refractivity contribution in [3.05, 3.63) is 101 Å². The molecule has 2 amide bonds. The van der Waals surface area contributed by atoms with Crippen molar-refractivity contribution in [3.63, 3.8) is 0 Å². The summed E-state index contributed by atoms with van der Waals surface area (Å²) in [6.45, 7) is 8.29. The second-order valence-corrected chi connectivity index (χ2v) is 8.23. The number of hydrogen-bond donors (Lipinski definition) is 1. The van der Waals surface area contributed by atoms with Gasteiger partial charge in [0.25, 0.3) is 11.8 Å². The molecule has 1 aliphatic heterocycles. The summed E-state index contributed by atoms with van der Waals surface area (Å²) in [5, 5.41) is 3.23. The van der Waals surface area contributed by atoms with Gasteiger partial charge in [0, 0.05) is 5.69 Å². The maximum absolute atomic E-state index is 13.5. The van der Waals surface area contributed by atoms with Gasteiger partial charge in [0.05, 0.1) is 11.3 Å². The maximum Gasteiger partial charge on any atom is 0.282 e. The van der Waals surface area contributed by atoms with Crippen molar-refractivity contribution in [2.24, 2.45) is 0 Å². The number of amides is 2. The van der Waals surface area contributed by atoms with Gasteiger partial charge in [0.2, 0.25) is 0 Å². The van der Waals surface area contributed by atoms with Gasteiger partial charge in [0.1, 0.15) is 5.70 Å². The lowest BCUT2D eigenvalue weighted by atomic mass is 10.0. The van der Waals surface area contributed by atoms with Crippen LogP contribution in [0.4, 0.5) is 11.4 Å². The van der Waals surface area contributed by atoms with Crippen molar-refractivity contribution in [2.45, 2.75) is 33.6 Å². The first-order valence-corrected chi connectivity index (χ1v) is 10.5. The first-order valence-electron chi connectivity index (χ1n) is 10.5. The molecule has 0 radical (unpaired) electrons. The minimum absolute atomic E-state index is 0.299. The number of carbonyl (C=O) groups excluding carboxylic acids is 2. The monoisotopic (exact) mass is 410 g/mol. The Hall–Kier alpha value is -3.66. The van der Waals surface area contributed by atoms with Gasteiger partial charge in [-0.05, 0) is 66.3 Å². The predicted octanol–water partition coefficient (Wildman–Crippen LogP) is 5.82. The lowest BCUT2D eigenvalue weighted by Crippen LogP contribution is -2.32. The molecule has 4 nitrogen and oxygen atoms in total. The molecule has 0 saturated heterocycles. The molecule has 4 heteroatoms. The number of carbonyl (C=O) groups is 2. The highest BCUT2D eigenvalue weighted by molar-refractivity contribution is 6.46. The Kier molecular flexibility index (Phi) is 5.47. The minimum atomic E-state index is -0.348. The first-order chi connectivity index (χ1) is 14.9. The third-order valence-corrected chi connectivity index (χ3v) is 5.74. The van der Waals surface area contributed by atoms with E-state index in [1.165, 1.54) is 10.5 Å². The van der Waals surface area contributed by atoms with Gasteiger partial charge in [-0.25, -0.2) is 4.90 Å². The summed E-state index contributed by atoms with van der Waals surface area (Å²) in [6, 6.07) is 22.9. The molecule has 0 spiro atoms. The van der Waals surface area contributed by atoms with Gasteiger partial charge in [-0.1, -0.05) is 62.4 Å². The van der Waals surface area contributed by atoms with E-state index in [0.717, 1.165) is 16.8 Å². The fraction of sp³-hybridized carbons (Fsp3) is 0.185. The zero-order chi connectivity index (χ0) is 22.1. The van der Waals surface area contributed by atoms with Crippen LogP contribution in [0.2, 0.25) is 0 Å². The number of benzene rings is 3. The highest BCUT2D eigenvalue weighted by Crippen LogP contribution is 2.34. The Labute approximate surface area is 183 Å². The molecule has 0 unspecified atom stereocenters. The number of nitrogens with zero attached hydrogens (tertiary/aromatic N) is 1. The lowest BCUT2D eigenvalue weighted by Gasteiger charge is -2.16. The zero-order valence-electron chi connectivity index (χ0n) is 18.3. The fourth-order valence-corrected chi connectivity index (χ4v) is 3.72. The normalized spacial score (nSPS) is 14.0. The molecule has 156 valence electrons. The predicted molar refractivity (Wildman–Crippen MR) is 126 cm³/mol. The Balaban J connectivity index is 1.77. The molecule has 3 aromatic rings. The van der Waals surface area contributed by atoms with E-state index < -0.39 is 0 Å². The van der Waals surface area contributed by atoms with Gasteiger partial charge < -0.3 is 5.32 Å². The van der Waals surface area contributed by atoms with E-state index in [1.54, 1.807) is 0 Å². The van der Waals surface area contributed by atoms with Gasteiger partial charge in [-0.2, -0.15) is 0 Å². The molecule has 0 aliphatic carbocycles. The minimum Gasteiger partial charge on any atom is -0.350 e. The number of rotatable bonds is 5. The number of nitrogens with one attached hydrogen (secondary N) is 1. The maximum atomic E-state index is 13.5. The van der Waals surface area contributed by atoms with Gasteiger partial charge >= 0.3 is 0 Å². The average molecular weight is 411 g/mol. The molecule has 1 aliphatic rings. The molecule has 0 fully saturated rings. The van der Waals surface area contributed by atoms with E-state index in [1.807, 2.05) is 86.6 Å². The summed E-state index contributed by atoms with van der Waals surface area (Å²) >= 11 is 0. The SMILES string of the molecule is Cc1ccc(NC2=C(c3ccccc3)C(=O)N(c3ccc(C(C)C)cc3)C2=O)cc1C. The largest absolute Gasteiger partial charge is 0.350 e. The van der Waals surface area contributed by atoms with Gasteiger partial charge in [-0.3, -0.25) is 9.59 Å². The van der Waals surface area contributed by atoms with E-state index in [2.05, 4.69) is 19.2 Å². The van der Waals surface area contributed by atoms with Crippen LogP contribution in [-0.4, -0.2) is 11.8 Å². The smallest absolute Gasteiger partial charge is 0.282 e. The topological polar surface area (TPSA) is 49.4 Å². The molecule has 1 N–H and O–H groups in total. The van der Waals surface area contributed by atoms with E-state index in [-0.39, 0.29) is 11.8 Å².